The Hall–Kier alpha value is -3.88. The molecule has 0 aliphatic heterocycles. The van der Waals surface area contributed by atoms with Crippen molar-refractivity contribution in [2.45, 2.75) is 32.2 Å². The van der Waals surface area contributed by atoms with Crippen LogP contribution in [0.1, 0.15) is 26.2 Å². The number of carbonyl (C=O) groups excluding carboxylic acids is 1. The lowest BCUT2D eigenvalue weighted by molar-refractivity contribution is -0.871. The number of carboxylic acids is 1. The van der Waals surface area contributed by atoms with Gasteiger partial charge < -0.3 is 20.0 Å². The summed E-state index contributed by atoms with van der Waals surface area (Å²) in [6.45, 7) is 2.54. The fourth-order valence-corrected chi connectivity index (χ4v) is 2.53. The molecule has 1 aromatic carbocycles. The predicted octanol–water partition coefficient (Wildman–Crippen LogP) is 1.57. The van der Waals surface area contributed by atoms with Crippen molar-refractivity contribution in [3.05, 3.63) is 42.5 Å². The Labute approximate surface area is 182 Å². The number of nitrogens with one attached hydrogen (secondary N) is 1. The SMILES string of the molecule is CCCC(=O)N[C@@H](CC(=O)O)C[N+](C)(C)C.O=[N+]([O-])c1cc([N+](=O)[O-])c(O)c([N+](=O)[O-])c1. The Bertz CT molecular complexity index is 846. The van der Waals surface area contributed by atoms with Crippen LogP contribution in [0.4, 0.5) is 17.1 Å². The van der Waals surface area contributed by atoms with Gasteiger partial charge >= 0.3 is 17.3 Å². The van der Waals surface area contributed by atoms with Crippen molar-refractivity contribution in [1.82, 2.24) is 5.32 Å². The van der Waals surface area contributed by atoms with Crippen LogP contribution in [0.15, 0.2) is 12.1 Å². The van der Waals surface area contributed by atoms with Gasteiger partial charge in [-0.2, -0.15) is 0 Å². The average molecular weight is 460 g/mol. The van der Waals surface area contributed by atoms with Crippen molar-refractivity contribution >= 4 is 28.9 Å². The second-order valence-electron chi connectivity index (χ2n) is 7.69. The zero-order chi connectivity index (χ0) is 25.2. The molecule has 0 saturated carbocycles. The molecule has 1 atom stereocenters. The lowest BCUT2D eigenvalue weighted by Crippen LogP contribution is -2.49. The van der Waals surface area contributed by atoms with Gasteiger partial charge in [0, 0.05) is 6.42 Å². The van der Waals surface area contributed by atoms with E-state index >= 15 is 0 Å². The molecule has 1 amide bonds. The normalized spacial score (nSPS) is 11.5. The molecule has 0 bridgehead atoms. The van der Waals surface area contributed by atoms with E-state index in [2.05, 4.69) is 5.32 Å². The standard InChI is InChI=1S/C11H22N2O3.C6H3N3O7/c1-5-6-10(14)12-9(7-11(15)16)8-13(2,3)4;10-6-4(8(13)14)1-3(7(11)12)2-5(6)9(15)16/h9H,5-8H2,1-4H3,(H-,12,14,15,16);1-2,10H/p+1/t9-;/m0./s1. The van der Waals surface area contributed by atoms with Gasteiger partial charge in [-0.15, -0.1) is 0 Å². The summed E-state index contributed by atoms with van der Waals surface area (Å²) in [5.74, 6) is -2.15. The smallest absolute Gasteiger partial charge is 0.324 e. The third-order valence-corrected chi connectivity index (χ3v) is 3.69. The Morgan fingerprint density at radius 3 is 1.81 bits per heavy atom. The van der Waals surface area contributed by atoms with Crippen LogP contribution < -0.4 is 5.32 Å². The minimum atomic E-state index is -1.21. The molecular formula is C17H26N5O10+. The van der Waals surface area contributed by atoms with Gasteiger partial charge in [0.15, 0.2) is 0 Å². The number of rotatable bonds is 10. The topological polar surface area (TPSA) is 216 Å². The highest BCUT2D eigenvalue weighted by molar-refractivity contribution is 5.77. The number of nitro groups is 3. The van der Waals surface area contributed by atoms with Crippen molar-refractivity contribution in [2.75, 3.05) is 27.7 Å². The van der Waals surface area contributed by atoms with Gasteiger partial charge in [-0.25, -0.2) is 0 Å². The van der Waals surface area contributed by atoms with Crippen LogP contribution in [0.25, 0.3) is 0 Å². The molecule has 178 valence electrons. The second kappa shape index (κ2) is 12.1. The largest absolute Gasteiger partial charge is 0.497 e. The number of aromatic hydroxyl groups is 1. The van der Waals surface area contributed by atoms with Crippen LogP contribution in [0, 0.1) is 30.3 Å². The van der Waals surface area contributed by atoms with E-state index < -0.39 is 43.6 Å². The van der Waals surface area contributed by atoms with Crippen molar-refractivity contribution in [3.8, 4) is 5.75 Å². The molecule has 0 spiro atoms. The van der Waals surface area contributed by atoms with Crippen LogP contribution in [0.3, 0.4) is 0 Å². The number of quaternary nitrogens is 1. The minimum absolute atomic E-state index is 0.0228. The van der Waals surface area contributed by atoms with Crippen LogP contribution in [-0.4, -0.2) is 75.1 Å². The summed E-state index contributed by atoms with van der Waals surface area (Å²) in [6, 6.07) is 0.599. The minimum Gasteiger partial charge on any atom is -0.497 e. The van der Waals surface area contributed by atoms with Gasteiger partial charge in [-0.1, -0.05) is 6.92 Å². The first-order chi connectivity index (χ1) is 14.6. The molecule has 3 N–H and O–H groups in total. The van der Waals surface area contributed by atoms with Crippen LogP contribution >= 0.6 is 0 Å². The van der Waals surface area contributed by atoms with Crippen molar-refractivity contribution in [1.29, 1.82) is 0 Å². The number of carboxylic acid groups (broad SMARTS) is 1. The van der Waals surface area contributed by atoms with E-state index in [0.717, 1.165) is 6.42 Å². The zero-order valence-electron chi connectivity index (χ0n) is 18.0. The number of amides is 1. The molecule has 0 radical (unpaired) electrons. The summed E-state index contributed by atoms with van der Waals surface area (Å²) in [5, 5.41) is 51.7. The lowest BCUT2D eigenvalue weighted by Gasteiger charge is -2.29. The number of phenolic OH excluding ortho intramolecular Hbond substituents is 1. The van der Waals surface area contributed by atoms with Gasteiger partial charge in [0.05, 0.1) is 67.1 Å². The zero-order valence-corrected chi connectivity index (χ0v) is 18.0. The quantitative estimate of drug-likeness (QED) is 0.260. The molecule has 15 heteroatoms. The van der Waals surface area contributed by atoms with E-state index in [1.165, 1.54) is 0 Å². The molecule has 0 saturated heterocycles. The number of benzene rings is 1. The van der Waals surface area contributed by atoms with E-state index in [4.69, 9.17) is 10.2 Å². The van der Waals surface area contributed by atoms with E-state index in [0.29, 0.717) is 29.6 Å². The number of nitro benzene ring substituents is 3. The van der Waals surface area contributed by atoms with E-state index in [-0.39, 0.29) is 18.4 Å². The first-order valence-corrected chi connectivity index (χ1v) is 9.20. The molecule has 32 heavy (non-hydrogen) atoms. The van der Waals surface area contributed by atoms with Crippen molar-refractivity contribution in [2.24, 2.45) is 0 Å². The highest BCUT2D eigenvalue weighted by atomic mass is 16.6. The molecule has 0 aliphatic carbocycles. The number of nitrogens with zero attached hydrogens (tertiary/aromatic N) is 4. The molecule has 0 unspecified atom stereocenters. The molecule has 0 aliphatic rings. The number of hydrogen-bond acceptors (Lipinski definition) is 9. The second-order valence-corrected chi connectivity index (χ2v) is 7.69. The molecule has 1 aromatic rings. The van der Waals surface area contributed by atoms with E-state index in [9.17, 15) is 39.9 Å². The Balaban J connectivity index is 0.000000601. The number of carbonyl (C=O) groups is 2. The van der Waals surface area contributed by atoms with Crippen molar-refractivity contribution < 1.29 is 39.1 Å². The Morgan fingerprint density at radius 1 is 1.03 bits per heavy atom. The maximum absolute atomic E-state index is 11.4. The van der Waals surface area contributed by atoms with Gasteiger partial charge in [0.1, 0.15) is 0 Å². The Kier molecular flexibility index (Phi) is 10.6. The van der Waals surface area contributed by atoms with Crippen molar-refractivity contribution in [3.63, 3.8) is 0 Å². The lowest BCUT2D eigenvalue weighted by atomic mass is 10.1. The first-order valence-electron chi connectivity index (χ1n) is 9.20. The molecule has 0 fully saturated rings. The predicted molar refractivity (Wildman–Crippen MR) is 110 cm³/mol. The van der Waals surface area contributed by atoms with E-state index in [1.807, 2.05) is 28.1 Å². The number of phenols is 1. The summed E-state index contributed by atoms with van der Waals surface area (Å²) in [7, 11) is 5.92. The van der Waals surface area contributed by atoms with Crippen LogP contribution in [0.2, 0.25) is 0 Å². The number of non-ortho nitro benzene ring substituents is 1. The highest BCUT2D eigenvalue weighted by Gasteiger charge is 2.30. The summed E-state index contributed by atoms with van der Waals surface area (Å²) >= 11 is 0. The van der Waals surface area contributed by atoms with E-state index in [1.54, 1.807) is 0 Å². The van der Waals surface area contributed by atoms with Gasteiger partial charge in [0.2, 0.25) is 5.91 Å². The first kappa shape index (κ1) is 28.1. The van der Waals surface area contributed by atoms with Gasteiger partial charge in [0.25, 0.3) is 11.4 Å². The highest BCUT2D eigenvalue weighted by Crippen LogP contribution is 2.38. The molecule has 0 heterocycles. The third kappa shape index (κ3) is 10.2. The van der Waals surface area contributed by atoms with Crippen LogP contribution in [-0.2, 0) is 9.59 Å². The number of hydrogen-bond donors (Lipinski definition) is 3. The monoisotopic (exact) mass is 460 g/mol. The fourth-order valence-electron chi connectivity index (χ4n) is 2.53. The third-order valence-electron chi connectivity index (χ3n) is 3.69. The fraction of sp³-hybridized carbons (Fsp3) is 0.529. The van der Waals surface area contributed by atoms with Crippen LogP contribution in [0.5, 0.6) is 5.75 Å². The van der Waals surface area contributed by atoms with Gasteiger partial charge in [-0.05, 0) is 6.42 Å². The maximum atomic E-state index is 11.4. The maximum Gasteiger partial charge on any atom is 0.324 e. The average Bonchev–Trinajstić information content (AvgIpc) is 2.59. The molecule has 1 rings (SSSR count). The number of aliphatic carboxylic acids is 1. The number of likely N-dealkylation sites (N-methyl/N-ethyl adjacent to an activating group) is 1. The summed E-state index contributed by atoms with van der Waals surface area (Å²) in [6.07, 6.45) is 1.20. The Morgan fingerprint density at radius 2 is 1.50 bits per heavy atom. The molecular weight excluding hydrogens is 434 g/mol. The molecule has 15 nitrogen and oxygen atoms in total. The summed E-state index contributed by atoms with van der Waals surface area (Å²) in [5.41, 5.74) is -3.00. The summed E-state index contributed by atoms with van der Waals surface area (Å²) < 4.78 is 0.629. The summed E-state index contributed by atoms with van der Waals surface area (Å²) in [4.78, 5) is 49.9. The van der Waals surface area contributed by atoms with Gasteiger partial charge in [-0.3, -0.25) is 39.9 Å². The molecule has 0 aromatic heterocycles.